The summed E-state index contributed by atoms with van der Waals surface area (Å²) in [5.74, 6) is -0.731. The fraction of sp³-hybridized carbons (Fsp3) is 0.0606. The van der Waals surface area contributed by atoms with E-state index in [-0.39, 0.29) is 11.3 Å². The van der Waals surface area contributed by atoms with Crippen LogP contribution in [0.5, 0.6) is 0 Å². The largest absolute Gasteiger partial charge is 0.394 e. The van der Waals surface area contributed by atoms with Crippen molar-refractivity contribution in [1.29, 1.82) is 0 Å². The van der Waals surface area contributed by atoms with Crippen LogP contribution in [-0.2, 0) is 4.43 Å². The number of aromatic amines is 1. The van der Waals surface area contributed by atoms with Crippen molar-refractivity contribution in [3.05, 3.63) is 144 Å². The monoisotopic (exact) mass is 515 g/mol. The Hall–Kier alpha value is -4.32. The van der Waals surface area contributed by atoms with Crippen LogP contribution in [0, 0.1) is 5.82 Å². The molecular formula is C33H26FNO2Si. The van der Waals surface area contributed by atoms with Crippen LogP contribution in [0.3, 0.4) is 0 Å². The van der Waals surface area contributed by atoms with E-state index in [1.165, 1.54) is 12.1 Å². The number of carbonyl (C=O) groups is 1. The van der Waals surface area contributed by atoms with Gasteiger partial charge in [-0.05, 0) is 35.1 Å². The molecule has 0 saturated heterocycles. The number of benzene rings is 5. The molecule has 6 rings (SSSR count). The van der Waals surface area contributed by atoms with Gasteiger partial charge in [-0.1, -0.05) is 109 Å². The molecule has 1 atom stereocenters. The van der Waals surface area contributed by atoms with E-state index in [1.54, 1.807) is 12.1 Å². The Labute approximate surface area is 221 Å². The van der Waals surface area contributed by atoms with Crippen LogP contribution in [0.15, 0.2) is 127 Å². The van der Waals surface area contributed by atoms with E-state index in [9.17, 15) is 9.18 Å². The van der Waals surface area contributed by atoms with E-state index in [0.717, 1.165) is 37.7 Å². The zero-order chi connectivity index (χ0) is 26.1. The predicted molar refractivity (Wildman–Crippen MR) is 154 cm³/mol. The summed E-state index contributed by atoms with van der Waals surface area (Å²) in [7, 11) is -2.91. The van der Waals surface area contributed by atoms with Crippen molar-refractivity contribution < 1.29 is 13.6 Å². The number of ketones is 1. The number of hydrogen-bond acceptors (Lipinski definition) is 2. The minimum Gasteiger partial charge on any atom is -0.394 e. The van der Waals surface area contributed by atoms with E-state index in [1.807, 2.05) is 72.8 Å². The summed E-state index contributed by atoms with van der Waals surface area (Å²) < 4.78 is 21.4. The molecule has 5 heteroatoms. The molecule has 1 N–H and O–H groups in total. The smallest absolute Gasteiger partial charge is 0.254 e. The molecule has 0 aliphatic heterocycles. The fourth-order valence-corrected chi connectivity index (χ4v) is 8.18. The highest BCUT2D eigenvalue weighted by Gasteiger charge is 2.40. The number of nitrogens with one attached hydrogen (secondary N) is 1. The van der Waals surface area contributed by atoms with Crippen molar-refractivity contribution in [2.45, 2.75) is 12.7 Å². The summed E-state index contributed by atoms with van der Waals surface area (Å²) in [6.07, 6.45) is -0.953. The van der Waals surface area contributed by atoms with E-state index >= 15 is 0 Å². The Bertz CT molecular complexity index is 1710. The third kappa shape index (κ3) is 4.26. The van der Waals surface area contributed by atoms with E-state index in [4.69, 9.17) is 4.43 Å². The van der Waals surface area contributed by atoms with Crippen molar-refractivity contribution in [1.82, 2.24) is 4.98 Å². The Morgan fingerprint density at radius 3 is 2.03 bits per heavy atom. The standard InChI is InChI=1S/C33H26FNO2Si/c1-38(25-14-4-2-5-15-25,26-16-6-3-7-17-26)37-33(32(36)23-12-10-13-24(34)22-23)29-20-11-19-28-27-18-8-9-21-30(27)35-31(28)29/h2-22,33,35H,1H3/t33-/m0/s1. The topological polar surface area (TPSA) is 42.1 Å². The summed E-state index contributed by atoms with van der Waals surface area (Å²) in [5.41, 5.74) is 2.85. The lowest BCUT2D eigenvalue weighted by Gasteiger charge is -2.33. The maximum Gasteiger partial charge on any atom is 0.254 e. The van der Waals surface area contributed by atoms with Gasteiger partial charge >= 0.3 is 0 Å². The Morgan fingerprint density at radius 1 is 0.737 bits per heavy atom. The molecule has 0 saturated carbocycles. The highest BCUT2D eigenvalue weighted by molar-refractivity contribution is 6.96. The molecule has 0 aliphatic carbocycles. The first-order chi connectivity index (χ1) is 18.5. The average molecular weight is 516 g/mol. The molecule has 0 aliphatic rings. The second-order valence-electron chi connectivity index (χ2n) is 9.58. The van der Waals surface area contributed by atoms with Gasteiger partial charge in [0, 0.05) is 27.4 Å². The van der Waals surface area contributed by atoms with Gasteiger partial charge < -0.3 is 9.41 Å². The highest BCUT2D eigenvalue weighted by Crippen LogP contribution is 2.35. The van der Waals surface area contributed by atoms with Gasteiger partial charge in [0.1, 0.15) is 11.9 Å². The minimum absolute atomic E-state index is 0.277. The SMILES string of the molecule is C[Si](O[C@H](C(=O)c1cccc(F)c1)c1cccc2c1[nH]c1ccccc12)(c1ccccc1)c1ccccc1. The maximum absolute atomic E-state index is 14.3. The number of para-hydroxylation sites is 2. The number of aromatic nitrogens is 1. The van der Waals surface area contributed by atoms with Gasteiger partial charge in [-0.25, -0.2) is 4.39 Å². The first-order valence-electron chi connectivity index (χ1n) is 12.6. The molecule has 0 amide bonds. The van der Waals surface area contributed by atoms with Crippen molar-refractivity contribution >= 4 is 46.3 Å². The minimum atomic E-state index is -2.91. The third-order valence-electron chi connectivity index (χ3n) is 7.21. The molecule has 1 heterocycles. The van der Waals surface area contributed by atoms with E-state index < -0.39 is 20.2 Å². The number of rotatable bonds is 7. The van der Waals surface area contributed by atoms with Gasteiger partial charge in [0.25, 0.3) is 8.32 Å². The summed E-state index contributed by atoms with van der Waals surface area (Å²) in [4.78, 5) is 17.7. The summed E-state index contributed by atoms with van der Waals surface area (Å²) >= 11 is 0. The van der Waals surface area contributed by atoms with Crippen LogP contribution in [-0.4, -0.2) is 19.1 Å². The van der Waals surface area contributed by atoms with Crippen LogP contribution >= 0.6 is 0 Å². The summed E-state index contributed by atoms with van der Waals surface area (Å²) in [5, 5.41) is 4.19. The normalized spacial score (nSPS) is 12.6. The number of Topliss-reactive ketones (excluding diaryl/α,β-unsaturated/α-hetero) is 1. The maximum atomic E-state index is 14.3. The molecule has 6 aromatic rings. The first-order valence-corrected chi connectivity index (χ1v) is 15.0. The predicted octanol–water partition coefficient (Wildman–Crippen LogP) is 6.79. The summed E-state index contributed by atoms with van der Waals surface area (Å²) in [6.45, 7) is 2.12. The quantitative estimate of drug-likeness (QED) is 0.188. The van der Waals surface area contributed by atoms with Gasteiger partial charge in [0.05, 0.1) is 5.52 Å². The van der Waals surface area contributed by atoms with E-state index in [0.29, 0.717) is 0 Å². The molecule has 0 fully saturated rings. The third-order valence-corrected chi connectivity index (χ3v) is 10.8. The Balaban J connectivity index is 1.58. The Kier molecular flexibility index (Phi) is 6.24. The molecule has 0 unspecified atom stereocenters. The molecule has 0 bridgehead atoms. The van der Waals surface area contributed by atoms with Crippen LogP contribution in [0.1, 0.15) is 22.0 Å². The summed E-state index contributed by atoms with van der Waals surface area (Å²) in [6, 6.07) is 40.0. The van der Waals surface area contributed by atoms with E-state index in [2.05, 4.69) is 41.9 Å². The zero-order valence-corrected chi connectivity index (χ0v) is 21.9. The molecule has 186 valence electrons. The molecule has 3 nitrogen and oxygen atoms in total. The Morgan fingerprint density at radius 2 is 1.34 bits per heavy atom. The molecule has 0 radical (unpaired) electrons. The number of halogens is 1. The second-order valence-corrected chi connectivity index (χ2v) is 13.0. The molecule has 5 aromatic carbocycles. The van der Waals surface area contributed by atoms with Gasteiger partial charge in [-0.2, -0.15) is 0 Å². The van der Waals surface area contributed by atoms with Gasteiger partial charge in [-0.15, -0.1) is 0 Å². The van der Waals surface area contributed by atoms with Gasteiger partial charge in [0.15, 0.2) is 5.78 Å². The number of H-pyrrole nitrogens is 1. The second kappa shape index (κ2) is 9.86. The van der Waals surface area contributed by atoms with Crippen molar-refractivity contribution in [3.63, 3.8) is 0 Å². The average Bonchev–Trinajstić information content (AvgIpc) is 3.35. The first kappa shape index (κ1) is 24.0. The highest BCUT2D eigenvalue weighted by atomic mass is 28.4. The van der Waals surface area contributed by atoms with Crippen molar-refractivity contribution in [2.75, 3.05) is 0 Å². The molecule has 38 heavy (non-hydrogen) atoms. The number of fused-ring (bicyclic) bond motifs is 3. The number of hydrogen-bond donors (Lipinski definition) is 1. The lowest BCUT2D eigenvalue weighted by atomic mass is 9.98. The van der Waals surface area contributed by atoms with Gasteiger partial charge in [0.2, 0.25) is 0 Å². The molecule has 1 aromatic heterocycles. The molecular weight excluding hydrogens is 489 g/mol. The van der Waals surface area contributed by atoms with Crippen molar-refractivity contribution in [3.8, 4) is 0 Å². The lowest BCUT2D eigenvalue weighted by Crippen LogP contribution is -2.59. The van der Waals surface area contributed by atoms with Crippen LogP contribution in [0.25, 0.3) is 21.8 Å². The van der Waals surface area contributed by atoms with Gasteiger partial charge in [-0.3, -0.25) is 4.79 Å². The number of carbonyl (C=O) groups excluding carboxylic acids is 1. The van der Waals surface area contributed by atoms with Crippen molar-refractivity contribution in [2.24, 2.45) is 0 Å². The zero-order valence-electron chi connectivity index (χ0n) is 20.9. The fourth-order valence-electron chi connectivity index (χ4n) is 5.22. The molecule has 0 spiro atoms. The van der Waals surface area contributed by atoms with Crippen LogP contribution in [0.2, 0.25) is 6.55 Å². The van der Waals surface area contributed by atoms with Crippen LogP contribution in [0.4, 0.5) is 4.39 Å². The lowest BCUT2D eigenvalue weighted by molar-refractivity contribution is 0.0787. The van der Waals surface area contributed by atoms with Crippen LogP contribution < -0.4 is 10.4 Å².